The molecule has 1 N–H and O–H groups in total. The van der Waals surface area contributed by atoms with E-state index in [0.29, 0.717) is 17.6 Å². The molecule has 122 valence electrons. The molecule has 22 heavy (non-hydrogen) atoms. The Hall–Kier alpha value is -2.16. The minimum absolute atomic E-state index is 0.0186. The minimum Gasteiger partial charge on any atom is -0.775 e. The van der Waals surface area contributed by atoms with Crippen LogP contribution in [0.1, 0.15) is 20.3 Å². The number of hydrogen-bond acceptors (Lipinski definition) is 3. The highest BCUT2D eigenvalue weighted by Crippen LogP contribution is 2.01. The summed E-state index contributed by atoms with van der Waals surface area (Å²) < 4.78 is 5.52. The van der Waals surface area contributed by atoms with E-state index >= 15 is 0 Å². The van der Waals surface area contributed by atoms with Crippen LogP contribution in [0.5, 0.6) is 0 Å². The van der Waals surface area contributed by atoms with Crippen LogP contribution in [0.4, 0.5) is 0 Å². The lowest BCUT2D eigenvalue weighted by atomic mass is 10.2. The molecule has 7 heteroatoms. The van der Waals surface area contributed by atoms with Crippen molar-refractivity contribution in [1.82, 2.24) is 5.32 Å². The largest absolute Gasteiger partial charge is 0.775 e. The van der Waals surface area contributed by atoms with Gasteiger partial charge >= 0.3 is 5.97 Å². The molecule has 0 atom stereocenters. The molecule has 0 aromatic heterocycles. The van der Waals surface area contributed by atoms with Gasteiger partial charge in [-0.3, -0.25) is 15.5 Å². The third-order valence-corrected chi connectivity index (χ3v) is 3.10. The monoisotopic (exact) mass is 308 g/mol. The lowest BCUT2D eigenvalue weighted by molar-refractivity contribution is -0.890. The van der Waals surface area contributed by atoms with Gasteiger partial charge in [-0.1, -0.05) is 13.8 Å². The van der Waals surface area contributed by atoms with E-state index in [1.807, 2.05) is 27.9 Å². The summed E-state index contributed by atoms with van der Waals surface area (Å²) in [7, 11) is 3.98. The highest BCUT2D eigenvalue weighted by atomic mass is 16.5. The van der Waals surface area contributed by atoms with Crippen LogP contribution in [0, 0.1) is 12.5 Å². The van der Waals surface area contributed by atoms with Crippen LogP contribution >= 0.6 is 0 Å². The van der Waals surface area contributed by atoms with Crippen LogP contribution in [-0.2, 0) is 14.3 Å². The lowest BCUT2D eigenvalue weighted by Crippen LogP contribution is -2.44. The van der Waals surface area contributed by atoms with Gasteiger partial charge in [0.05, 0.1) is 27.2 Å². The molecule has 1 amide bonds. The summed E-state index contributed by atoms with van der Waals surface area (Å²) >= 11 is 0. The number of carbonyl (C=O) groups is 2. The highest BCUT2D eigenvalue weighted by molar-refractivity contribution is 6.00. The summed E-state index contributed by atoms with van der Waals surface area (Å²) in [5.74, 6) is 0.651. The van der Waals surface area contributed by atoms with Crippen LogP contribution in [0.2, 0.25) is 0 Å². The van der Waals surface area contributed by atoms with E-state index in [4.69, 9.17) is 16.7 Å². The van der Waals surface area contributed by atoms with E-state index in [1.54, 1.807) is 0 Å². The molecule has 0 aliphatic rings. The molecule has 0 aromatic rings. The van der Waals surface area contributed by atoms with Crippen molar-refractivity contribution in [3.8, 4) is 0 Å². The van der Waals surface area contributed by atoms with Gasteiger partial charge in [0.1, 0.15) is 13.2 Å². The second kappa shape index (κ2) is 9.72. The Kier molecular flexibility index (Phi) is 8.76. The van der Waals surface area contributed by atoms with Gasteiger partial charge < -0.3 is 19.9 Å². The predicted octanol–water partition coefficient (Wildman–Crippen LogP) is 0.811. The SMILES string of the molecule is [C-]#[N+]C(=C=[N-])C(=O)OCC[N+](C)(C)CCCNC(=O)C(C)C. The number of nitrogens with zero attached hydrogens (tertiary/aromatic N) is 3. The van der Waals surface area contributed by atoms with E-state index < -0.39 is 11.7 Å². The maximum Gasteiger partial charge on any atom is 0.343 e. The average Bonchev–Trinajstić information content (AvgIpc) is 2.44. The molecule has 0 bridgehead atoms. The molecule has 0 saturated heterocycles. The number of ether oxygens (including phenoxy) is 1. The van der Waals surface area contributed by atoms with Crippen LogP contribution < -0.4 is 5.32 Å². The summed E-state index contributed by atoms with van der Waals surface area (Å²) in [5.41, 5.74) is -0.554. The van der Waals surface area contributed by atoms with Crippen LogP contribution in [0.25, 0.3) is 10.3 Å². The number of amides is 1. The first-order valence-corrected chi connectivity index (χ1v) is 7.15. The van der Waals surface area contributed by atoms with Gasteiger partial charge in [-0.05, 0) is 0 Å². The number of rotatable bonds is 9. The molecule has 0 saturated carbocycles. The molecule has 0 unspecified atom stereocenters. The van der Waals surface area contributed by atoms with E-state index in [1.165, 1.54) is 5.87 Å². The van der Waals surface area contributed by atoms with E-state index in [0.717, 1.165) is 13.0 Å². The summed E-state index contributed by atoms with van der Waals surface area (Å²) in [4.78, 5) is 25.5. The molecule has 0 fully saturated rings. The third kappa shape index (κ3) is 8.20. The fourth-order valence-corrected chi connectivity index (χ4v) is 1.60. The fraction of sp³-hybridized carbons (Fsp3) is 0.667. The van der Waals surface area contributed by atoms with Gasteiger partial charge in [0.25, 0.3) is 5.70 Å². The second-order valence-corrected chi connectivity index (χ2v) is 5.89. The zero-order chi connectivity index (χ0) is 17.2. The standard InChI is InChI=1S/C15H24N4O3/c1-12(2)14(20)18-7-6-8-19(4,5)9-10-22-15(21)13(11-16)17-3/h12H,6-10H2,1-2,4-5H3,(H,18,20). The maximum atomic E-state index is 11.4. The van der Waals surface area contributed by atoms with E-state index in [2.05, 4.69) is 10.2 Å². The Morgan fingerprint density at radius 2 is 2.00 bits per heavy atom. The number of nitrogens with one attached hydrogen (secondary N) is 1. The summed E-state index contributed by atoms with van der Waals surface area (Å²) in [6.07, 6.45) is 0.816. The smallest absolute Gasteiger partial charge is 0.343 e. The average molecular weight is 308 g/mol. The molecule has 0 rings (SSSR count). The summed E-state index contributed by atoms with van der Waals surface area (Å²) in [6, 6.07) is 0. The Morgan fingerprint density at radius 1 is 1.36 bits per heavy atom. The summed E-state index contributed by atoms with van der Waals surface area (Å²) in [5, 5.41) is 11.4. The number of likely N-dealkylation sites (N-methyl/N-ethyl adjacent to an activating group) is 1. The predicted molar refractivity (Wildman–Crippen MR) is 83.7 cm³/mol. The van der Waals surface area contributed by atoms with Crippen molar-refractivity contribution < 1.29 is 18.8 Å². The van der Waals surface area contributed by atoms with Crippen LogP contribution in [0.15, 0.2) is 5.70 Å². The van der Waals surface area contributed by atoms with E-state index in [-0.39, 0.29) is 18.4 Å². The molecule has 0 spiro atoms. The van der Waals surface area contributed by atoms with Gasteiger partial charge in [-0.25, -0.2) is 4.85 Å². The van der Waals surface area contributed by atoms with Crippen molar-refractivity contribution in [1.29, 1.82) is 0 Å². The second-order valence-electron chi connectivity index (χ2n) is 5.89. The molecular formula is C15H24N4O3. The lowest BCUT2D eigenvalue weighted by Gasteiger charge is -2.29. The molecular weight excluding hydrogens is 284 g/mol. The first-order chi connectivity index (χ1) is 10.2. The fourth-order valence-electron chi connectivity index (χ4n) is 1.60. The Morgan fingerprint density at radius 3 is 2.50 bits per heavy atom. The van der Waals surface area contributed by atoms with Crippen LogP contribution in [-0.4, -0.2) is 62.6 Å². The Balaban J connectivity index is 4.01. The van der Waals surface area contributed by atoms with Crippen molar-refractivity contribution >= 4 is 17.7 Å². The van der Waals surface area contributed by atoms with Gasteiger partial charge in [0.2, 0.25) is 5.91 Å². The third-order valence-electron chi connectivity index (χ3n) is 3.10. The molecule has 0 radical (unpaired) electrons. The Bertz CT molecular complexity index is 486. The van der Waals surface area contributed by atoms with Gasteiger partial charge in [0.15, 0.2) is 0 Å². The summed E-state index contributed by atoms with van der Waals surface area (Å²) in [6.45, 7) is 12.5. The molecule has 0 heterocycles. The van der Waals surface area contributed by atoms with Crippen molar-refractivity contribution in [2.45, 2.75) is 20.3 Å². The van der Waals surface area contributed by atoms with Crippen molar-refractivity contribution in [3.05, 3.63) is 22.5 Å². The first-order valence-electron chi connectivity index (χ1n) is 7.15. The van der Waals surface area contributed by atoms with Crippen molar-refractivity contribution in [2.75, 3.05) is 40.3 Å². The number of carbonyl (C=O) groups excluding carboxylic acids is 2. The normalized spacial score (nSPS) is 10.5. The highest BCUT2D eigenvalue weighted by Gasteiger charge is 2.17. The number of quaternary nitrogens is 1. The van der Waals surface area contributed by atoms with Crippen molar-refractivity contribution in [2.24, 2.45) is 5.92 Å². The quantitative estimate of drug-likeness (QED) is 0.171. The van der Waals surface area contributed by atoms with Gasteiger partial charge in [-0.15, -0.1) is 0 Å². The molecule has 0 aliphatic heterocycles. The molecule has 0 aliphatic carbocycles. The zero-order valence-electron chi connectivity index (χ0n) is 13.7. The minimum atomic E-state index is -0.873. The van der Waals surface area contributed by atoms with Gasteiger partial charge in [0, 0.05) is 18.9 Å². The number of esters is 1. The maximum absolute atomic E-state index is 11.4. The van der Waals surface area contributed by atoms with E-state index in [9.17, 15) is 9.59 Å². The molecule has 0 aromatic carbocycles. The topological polar surface area (TPSA) is 82.1 Å². The zero-order valence-corrected chi connectivity index (χ0v) is 13.7. The van der Waals surface area contributed by atoms with Crippen molar-refractivity contribution in [3.63, 3.8) is 0 Å². The first kappa shape index (κ1) is 19.8. The van der Waals surface area contributed by atoms with Crippen LogP contribution in [0.3, 0.4) is 0 Å². The number of hydrogen-bond donors (Lipinski definition) is 1. The van der Waals surface area contributed by atoms with Gasteiger partial charge in [-0.2, -0.15) is 0 Å². The Labute approximate surface area is 131 Å². The molecule has 7 nitrogen and oxygen atoms in total.